The second-order valence-electron chi connectivity index (χ2n) is 6.11. The summed E-state index contributed by atoms with van der Waals surface area (Å²) in [5, 5.41) is 1.88. The third kappa shape index (κ3) is 3.04. The van der Waals surface area contributed by atoms with Crippen LogP contribution in [0, 0.1) is 5.82 Å². The van der Waals surface area contributed by atoms with Gasteiger partial charge in [-0.15, -0.1) is 11.3 Å². The highest BCUT2D eigenvalue weighted by atomic mass is 32.1. The minimum Gasteiger partial charge on any atom is -0.466 e. The second kappa shape index (κ2) is 7.29. The van der Waals surface area contributed by atoms with Gasteiger partial charge in [-0.1, -0.05) is 35.6 Å². The van der Waals surface area contributed by atoms with Gasteiger partial charge in [0.25, 0.3) is 5.56 Å². The zero-order chi connectivity index (χ0) is 19.8. The minimum absolute atomic E-state index is 0.320. The third-order valence-corrected chi connectivity index (χ3v) is 6.34. The quantitative estimate of drug-likeness (QED) is 0.619. The van der Waals surface area contributed by atoms with E-state index in [1.807, 2.05) is 17.5 Å². The molecule has 1 atom stereocenters. The largest absolute Gasteiger partial charge is 0.466 e. The number of carbonyl (C=O) groups excluding carboxylic acids is 1. The fourth-order valence-corrected chi connectivity index (χ4v) is 5.00. The molecule has 0 N–H and O–H groups in total. The topological polar surface area (TPSA) is 60.7 Å². The van der Waals surface area contributed by atoms with Crippen molar-refractivity contribution in [1.82, 2.24) is 4.57 Å². The molecule has 0 aliphatic carbocycles. The van der Waals surface area contributed by atoms with Crippen molar-refractivity contribution >= 4 is 34.7 Å². The van der Waals surface area contributed by atoms with Gasteiger partial charge in [-0.05, 0) is 30.5 Å². The van der Waals surface area contributed by atoms with Gasteiger partial charge in [0, 0.05) is 10.4 Å². The van der Waals surface area contributed by atoms with E-state index >= 15 is 0 Å². The maximum absolute atomic E-state index is 14.0. The van der Waals surface area contributed by atoms with Gasteiger partial charge >= 0.3 is 5.97 Å². The van der Waals surface area contributed by atoms with Crippen LogP contribution in [0.1, 0.15) is 23.4 Å². The van der Waals surface area contributed by atoms with Crippen molar-refractivity contribution in [2.24, 2.45) is 4.99 Å². The van der Waals surface area contributed by atoms with Gasteiger partial charge in [0.1, 0.15) is 11.9 Å². The molecule has 142 valence electrons. The van der Waals surface area contributed by atoms with Gasteiger partial charge in [-0.3, -0.25) is 9.36 Å². The number of thiazole rings is 1. The molecule has 3 heterocycles. The molecule has 1 aliphatic rings. The van der Waals surface area contributed by atoms with Crippen molar-refractivity contribution in [1.29, 1.82) is 0 Å². The zero-order valence-electron chi connectivity index (χ0n) is 15.0. The van der Waals surface area contributed by atoms with Gasteiger partial charge < -0.3 is 4.74 Å². The minimum atomic E-state index is -0.619. The number of esters is 1. The SMILES string of the molecule is COC(=O)C1=C(C)N=c2s/c(=C\c3ccccc3F)c(=O)n2[C@@H]1c1cccs1. The summed E-state index contributed by atoms with van der Waals surface area (Å²) in [4.78, 5) is 31.4. The predicted molar refractivity (Wildman–Crippen MR) is 107 cm³/mol. The van der Waals surface area contributed by atoms with Crippen molar-refractivity contribution in [3.8, 4) is 0 Å². The summed E-state index contributed by atoms with van der Waals surface area (Å²) in [5.74, 6) is -0.933. The van der Waals surface area contributed by atoms with Crippen LogP contribution in [-0.4, -0.2) is 17.6 Å². The number of carbonyl (C=O) groups is 1. The van der Waals surface area contributed by atoms with Crippen LogP contribution in [-0.2, 0) is 9.53 Å². The summed E-state index contributed by atoms with van der Waals surface area (Å²) in [6.45, 7) is 1.72. The molecule has 0 saturated heterocycles. The number of nitrogens with zero attached hydrogens (tertiary/aromatic N) is 2. The molecule has 2 aromatic heterocycles. The molecule has 1 aliphatic heterocycles. The number of rotatable bonds is 3. The van der Waals surface area contributed by atoms with Gasteiger partial charge in [-0.25, -0.2) is 14.2 Å². The predicted octanol–water partition coefficient (Wildman–Crippen LogP) is 2.61. The first-order chi connectivity index (χ1) is 13.5. The summed E-state index contributed by atoms with van der Waals surface area (Å²) in [6.07, 6.45) is 1.52. The van der Waals surface area contributed by atoms with E-state index in [9.17, 15) is 14.0 Å². The lowest BCUT2D eigenvalue weighted by atomic mass is 10.0. The summed E-state index contributed by atoms with van der Waals surface area (Å²) < 4.78 is 20.8. The Morgan fingerprint density at radius 2 is 2.07 bits per heavy atom. The number of methoxy groups -OCH3 is 1. The number of aromatic nitrogens is 1. The number of halogens is 1. The van der Waals surface area contributed by atoms with E-state index in [-0.39, 0.29) is 5.56 Å². The fraction of sp³-hybridized carbons (Fsp3) is 0.150. The molecule has 0 spiro atoms. The first-order valence-electron chi connectivity index (χ1n) is 8.40. The van der Waals surface area contributed by atoms with Crippen LogP contribution >= 0.6 is 22.7 Å². The molecule has 1 aromatic carbocycles. The number of fused-ring (bicyclic) bond motifs is 1. The number of ether oxygens (including phenoxy) is 1. The summed E-state index contributed by atoms with van der Waals surface area (Å²) in [5.41, 5.74) is 0.836. The lowest BCUT2D eigenvalue weighted by molar-refractivity contribution is -0.136. The molecular weight excluding hydrogens is 399 g/mol. The van der Waals surface area contributed by atoms with Gasteiger partial charge in [0.15, 0.2) is 4.80 Å². The van der Waals surface area contributed by atoms with Crippen LogP contribution in [0.5, 0.6) is 0 Å². The molecule has 0 fully saturated rings. The second-order valence-corrected chi connectivity index (χ2v) is 8.10. The van der Waals surface area contributed by atoms with Crippen LogP contribution < -0.4 is 14.9 Å². The molecule has 4 rings (SSSR count). The van der Waals surface area contributed by atoms with E-state index in [1.165, 1.54) is 46.5 Å². The van der Waals surface area contributed by atoms with Crippen molar-refractivity contribution in [2.45, 2.75) is 13.0 Å². The number of allylic oxidation sites excluding steroid dienone is 1. The number of hydrogen-bond acceptors (Lipinski definition) is 6. The Balaban J connectivity index is 1.99. The first kappa shape index (κ1) is 18.5. The Hall–Kier alpha value is -2.84. The van der Waals surface area contributed by atoms with Crippen LogP contribution in [0.2, 0.25) is 0 Å². The third-order valence-electron chi connectivity index (χ3n) is 4.43. The van der Waals surface area contributed by atoms with Crippen LogP contribution in [0.15, 0.2) is 62.8 Å². The molecule has 3 aromatic rings. The highest BCUT2D eigenvalue weighted by Crippen LogP contribution is 2.32. The Morgan fingerprint density at radius 1 is 1.29 bits per heavy atom. The van der Waals surface area contributed by atoms with Crippen molar-refractivity contribution in [2.75, 3.05) is 7.11 Å². The average Bonchev–Trinajstić information content (AvgIpc) is 3.31. The van der Waals surface area contributed by atoms with Crippen LogP contribution in [0.3, 0.4) is 0 Å². The molecule has 0 radical (unpaired) electrons. The Morgan fingerprint density at radius 3 is 2.75 bits per heavy atom. The van der Waals surface area contributed by atoms with Crippen LogP contribution in [0.4, 0.5) is 4.39 Å². The monoisotopic (exact) mass is 414 g/mol. The average molecular weight is 414 g/mol. The normalized spacial score (nSPS) is 16.7. The highest BCUT2D eigenvalue weighted by molar-refractivity contribution is 7.10. The molecule has 0 bridgehead atoms. The van der Waals surface area contributed by atoms with Crippen LogP contribution in [0.25, 0.3) is 6.08 Å². The van der Waals surface area contributed by atoms with Crippen molar-refractivity contribution in [3.05, 3.63) is 89.0 Å². The van der Waals surface area contributed by atoms with Gasteiger partial charge in [0.05, 0.1) is 22.9 Å². The van der Waals surface area contributed by atoms with E-state index in [0.29, 0.717) is 26.2 Å². The molecule has 0 amide bonds. The number of thiophene rings is 1. The molecular formula is C20H15FN2O3S2. The Labute approximate surface area is 167 Å². The Kier molecular flexibility index (Phi) is 4.82. The maximum atomic E-state index is 14.0. The summed E-state index contributed by atoms with van der Waals surface area (Å²) in [6, 6.07) is 9.36. The van der Waals surface area contributed by atoms with E-state index in [1.54, 1.807) is 25.1 Å². The van der Waals surface area contributed by atoms with E-state index in [4.69, 9.17) is 4.74 Å². The molecule has 0 unspecified atom stereocenters. The molecule has 0 saturated carbocycles. The number of hydrogen-bond donors (Lipinski definition) is 0. The summed E-state index contributed by atoms with van der Waals surface area (Å²) >= 11 is 2.61. The van der Waals surface area contributed by atoms with Gasteiger partial charge in [-0.2, -0.15) is 0 Å². The Bertz CT molecular complexity index is 1270. The van der Waals surface area contributed by atoms with E-state index in [0.717, 1.165) is 4.88 Å². The van der Waals surface area contributed by atoms with E-state index in [2.05, 4.69) is 4.99 Å². The standard InChI is InChI=1S/C20H15FN2O3S2/c1-11-16(19(25)26-2)17(14-8-5-9-27-14)23-18(24)15(28-20(23)22-11)10-12-6-3-4-7-13(12)21/h3-10,17H,1-2H3/b15-10-/t17-/m1/s1. The first-order valence-corrected chi connectivity index (χ1v) is 10.1. The zero-order valence-corrected chi connectivity index (χ0v) is 16.6. The molecule has 8 heteroatoms. The fourth-order valence-electron chi connectivity index (χ4n) is 3.14. The molecule has 5 nitrogen and oxygen atoms in total. The molecule has 28 heavy (non-hydrogen) atoms. The summed E-state index contributed by atoms with van der Waals surface area (Å²) in [7, 11) is 1.30. The van der Waals surface area contributed by atoms with E-state index < -0.39 is 17.8 Å². The van der Waals surface area contributed by atoms with Crippen molar-refractivity contribution in [3.63, 3.8) is 0 Å². The smallest absolute Gasteiger partial charge is 0.338 e. The van der Waals surface area contributed by atoms with Crippen molar-refractivity contribution < 1.29 is 13.9 Å². The maximum Gasteiger partial charge on any atom is 0.338 e. The number of benzene rings is 1. The highest BCUT2D eigenvalue weighted by Gasteiger charge is 2.33. The lowest BCUT2D eigenvalue weighted by Gasteiger charge is -2.22. The lowest BCUT2D eigenvalue weighted by Crippen LogP contribution is -2.39. The van der Waals surface area contributed by atoms with Gasteiger partial charge in [0.2, 0.25) is 0 Å².